The van der Waals surface area contributed by atoms with Crippen LogP contribution in [0.25, 0.3) is 0 Å². The third-order valence-electron chi connectivity index (χ3n) is 2.24. The molecule has 7 heteroatoms. The van der Waals surface area contributed by atoms with Crippen LogP contribution in [0.1, 0.15) is 16.1 Å². The van der Waals surface area contributed by atoms with Crippen LogP contribution in [-0.2, 0) is 0 Å². The lowest BCUT2D eigenvalue weighted by Crippen LogP contribution is -2.32. The van der Waals surface area contributed by atoms with E-state index in [9.17, 15) is 4.79 Å². The number of hydrogen-bond donors (Lipinski definition) is 2. The van der Waals surface area contributed by atoms with Crippen LogP contribution in [0.2, 0.25) is 0 Å². The number of carbonyl (C=O) groups is 1. The third-order valence-corrected chi connectivity index (χ3v) is 2.24. The first-order chi connectivity index (χ1) is 8.63. The molecule has 0 atom stereocenters. The number of amides is 1. The maximum absolute atomic E-state index is 12.1. The molecule has 0 saturated carbocycles. The molecular weight excluding hydrogens is 232 g/mol. The Morgan fingerprint density at radius 1 is 1.50 bits per heavy atom. The van der Waals surface area contributed by atoms with Crippen molar-refractivity contribution < 1.29 is 4.79 Å². The number of rotatable bonds is 4. The lowest BCUT2D eigenvalue weighted by Gasteiger charge is -2.17. The van der Waals surface area contributed by atoms with E-state index in [0.29, 0.717) is 11.4 Å². The second-order valence-corrected chi connectivity index (χ2v) is 3.49. The Morgan fingerprint density at radius 3 is 2.61 bits per heavy atom. The van der Waals surface area contributed by atoms with E-state index in [2.05, 4.69) is 10.4 Å². The molecule has 3 N–H and O–H groups in total. The minimum atomic E-state index is -0.460. The van der Waals surface area contributed by atoms with E-state index < -0.39 is 5.91 Å². The van der Waals surface area contributed by atoms with Gasteiger partial charge in [0.1, 0.15) is 13.1 Å². The van der Waals surface area contributed by atoms with Crippen LogP contribution >= 0.6 is 0 Å². The van der Waals surface area contributed by atoms with E-state index in [1.54, 1.807) is 13.0 Å². The molecule has 1 heterocycles. The van der Waals surface area contributed by atoms with Gasteiger partial charge in [-0.2, -0.15) is 10.5 Å². The van der Waals surface area contributed by atoms with Gasteiger partial charge in [-0.3, -0.25) is 15.6 Å². The van der Waals surface area contributed by atoms with Gasteiger partial charge in [0.25, 0.3) is 5.91 Å². The monoisotopic (exact) mass is 244 g/mol. The van der Waals surface area contributed by atoms with Crippen molar-refractivity contribution in [3.63, 3.8) is 0 Å². The third kappa shape index (κ3) is 2.94. The van der Waals surface area contributed by atoms with Gasteiger partial charge in [0.05, 0.1) is 23.4 Å². The lowest BCUT2D eigenvalue weighted by molar-refractivity contribution is 0.0795. The molecule has 0 unspecified atom stereocenters. The molecule has 18 heavy (non-hydrogen) atoms. The van der Waals surface area contributed by atoms with Gasteiger partial charge < -0.3 is 10.3 Å². The largest absolute Gasteiger partial charge is 0.323 e. The van der Waals surface area contributed by atoms with Crippen molar-refractivity contribution in [2.45, 2.75) is 6.92 Å². The topological polar surface area (TPSA) is 119 Å². The number of nitrogen functional groups attached to an aromatic ring is 1. The highest BCUT2D eigenvalue weighted by Crippen LogP contribution is 2.16. The van der Waals surface area contributed by atoms with Crippen molar-refractivity contribution in [3.05, 3.63) is 23.5 Å². The second kappa shape index (κ2) is 6.18. The maximum atomic E-state index is 12.1. The SMILES string of the molecule is Cc1cc(NN)c(C(=O)N(CC#N)CC#N)cn1. The highest BCUT2D eigenvalue weighted by molar-refractivity contribution is 5.99. The van der Waals surface area contributed by atoms with E-state index in [4.69, 9.17) is 16.4 Å². The van der Waals surface area contributed by atoms with Crippen LogP contribution in [0.5, 0.6) is 0 Å². The van der Waals surface area contributed by atoms with Gasteiger partial charge in [0, 0.05) is 11.9 Å². The normalized spacial score (nSPS) is 9.11. The van der Waals surface area contributed by atoms with Crippen molar-refractivity contribution in [1.29, 1.82) is 10.5 Å². The molecule has 0 aliphatic rings. The van der Waals surface area contributed by atoms with Crippen molar-refractivity contribution >= 4 is 11.6 Å². The van der Waals surface area contributed by atoms with Crippen LogP contribution in [0.3, 0.4) is 0 Å². The number of anilines is 1. The van der Waals surface area contributed by atoms with Crippen LogP contribution < -0.4 is 11.3 Å². The van der Waals surface area contributed by atoms with Crippen LogP contribution in [-0.4, -0.2) is 28.9 Å². The Morgan fingerprint density at radius 2 is 2.11 bits per heavy atom. The van der Waals surface area contributed by atoms with Crippen molar-refractivity contribution in [3.8, 4) is 12.1 Å². The molecule has 0 bridgehead atoms. The van der Waals surface area contributed by atoms with Gasteiger partial charge in [-0.1, -0.05) is 0 Å². The molecule has 0 radical (unpaired) electrons. The number of nitrogens with two attached hydrogens (primary N) is 1. The van der Waals surface area contributed by atoms with E-state index in [-0.39, 0.29) is 18.7 Å². The Kier molecular flexibility index (Phi) is 4.61. The number of nitrogens with one attached hydrogen (secondary N) is 1. The van der Waals surface area contributed by atoms with Crippen LogP contribution in [0.15, 0.2) is 12.3 Å². The molecule has 1 aromatic heterocycles. The molecule has 0 aliphatic heterocycles. The van der Waals surface area contributed by atoms with Gasteiger partial charge >= 0.3 is 0 Å². The first-order valence-electron chi connectivity index (χ1n) is 5.10. The summed E-state index contributed by atoms with van der Waals surface area (Å²) in [5.74, 6) is 4.87. The summed E-state index contributed by atoms with van der Waals surface area (Å²) in [6, 6.07) is 5.28. The fourth-order valence-corrected chi connectivity index (χ4v) is 1.39. The average molecular weight is 244 g/mol. The number of carbonyl (C=O) groups excluding carboxylic acids is 1. The summed E-state index contributed by atoms with van der Waals surface area (Å²) in [6.45, 7) is 1.44. The predicted molar refractivity (Wildman–Crippen MR) is 63.9 cm³/mol. The fourth-order valence-electron chi connectivity index (χ4n) is 1.39. The smallest absolute Gasteiger partial charge is 0.259 e. The molecule has 1 rings (SSSR count). The number of nitrogens with zero attached hydrogens (tertiary/aromatic N) is 4. The molecule has 7 nitrogen and oxygen atoms in total. The first-order valence-corrected chi connectivity index (χ1v) is 5.10. The van der Waals surface area contributed by atoms with Gasteiger partial charge in [-0.25, -0.2) is 0 Å². The molecule has 92 valence electrons. The summed E-state index contributed by atoms with van der Waals surface area (Å²) in [5.41, 5.74) is 3.74. The molecule has 1 amide bonds. The fraction of sp³-hybridized carbons (Fsp3) is 0.273. The molecule has 1 aromatic rings. The first kappa shape index (κ1) is 13.4. The van der Waals surface area contributed by atoms with E-state index in [0.717, 1.165) is 4.90 Å². The number of pyridine rings is 1. The molecule has 0 fully saturated rings. The zero-order valence-corrected chi connectivity index (χ0v) is 9.84. The summed E-state index contributed by atoms with van der Waals surface area (Å²) in [5, 5.41) is 17.2. The number of hydrogen-bond acceptors (Lipinski definition) is 6. The van der Waals surface area contributed by atoms with Crippen molar-refractivity contribution in [2.24, 2.45) is 5.84 Å². The summed E-state index contributed by atoms with van der Waals surface area (Å²) in [7, 11) is 0. The van der Waals surface area contributed by atoms with Gasteiger partial charge in [-0.05, 0) is 13.0 Å². The Bertz CT molecular complexity index is 511. The summed E-state index contributed by atoms with van der Waals surface area (Å²) in [6.07, 6.45) is 1.37. The zero-order chi connectivity index (χ0) is 13.5. The van der Waals surface area contributed by atoms with Gasteiger partial charge in [0.15, 0.2) is 0 Å². The maximum Gasteiger partial charge on any atom is 0.259 e. The molecular formula is C11H12N6O. The summed E-state index contributed by atoms with van der Waals surface area (Å²) >= 11 is 0. The Hall–Kier alpha value is -2.64. The second-order valence-electron chi connectivity index (χ2n) is 3.49. The Labute approximate surface area is 104 Å². The molecule has 0 aliphatic carbocycles. The average Bonchev–Trinajstić information content (AvgIpc) is 2.37. The van der Waals surface area contributed by atoms with E-state index in [1.807, 2.05) is 12.1 Å². The van der Waals surface area contributed by atoms with Crippen LogP contribution in [0.4, 0.5) is 5.69 Å². The van der Waals surface area contributed by atoms with Gasteiger partial charge in [0.2, 0.25) is 0 Å². The Balaban J connectivity index is 3.09. The van der Waals surface area contributed by atoms with Crippen molar-refractivity contribution in [1.82, 2.24) is 9.88 Å². The highest BCUT2D eigenvalue weighted by atomic mass is 16.2. The number of aromatic nitrogens is 1. The lowest BCUT2D eigenvalue weighted by atomic mass is 10.2. The molecule has 0 saturated heterocycles. The zero-order valence-electron chi connectivity index (χ0n) is 9.84. The minimum absolute atomic E-state index is 0.162. The summed E-state index contributed by atoms with van der Waals surface area (Å²) < 4.78 is 0. The summed E-state index contributed by atoms with van der Waals surface area (Å²) in [4.78, 5) is 17.2. The quantitative estimate of drug-likeness (QED) is 0.442. The number of nitriles is 2. The molecule has 0 spiro atoms. The predicted octanol–water partition coefficient (Wildman–Crippen LogP) is 0.165. The number of hydrazine groups is 1. The highest BCUT2D eigenvalue weighted by Gasteiger charge is 2.18. The van der Waals surface area contributed by atoms with E-state index >= 15 is 0 Å². The number of aryl methyl sites for hydroxylation is 1. The van der Waals surface area contributed by atoms with E-state index in [1.165, 1.54) is 6.20 Å². The van der Waals surface area contributed by atoms with Crippen molar-refractivity contribution in [2.75, 3.05) is 18.5 Å². The minimum Gasteiger partial charge on any atom is -0.323 e. The van der Waals surface area contributed by atoms with Crippen LogP contribution in [0, 0.1) is 29.6 Å². The molecule has 0 aromatic carbocycles. The standard InChI is InChI=1S/C11H12N6O/c1-8-6-10(16-14)9(7-15-8)11(18)17(4-2-12)5-3-13/h6-7H,4-5,14H2,1H3,(H,15,16). The van der Waals surface area contributed by atoms with Gasteiger partial charge in [-0.15, -0.1) is 0 Å².